The fourth-order valence-corrected chi connectivity index (χ4v) is 3.61. The minimum absolute atomic E-state index is 0. The van der Waals surface area contributed by atoms with Gasteiger partial charge in [0.15, 0.2) is 17.2 Å². The molecule has 10 nitrogen and oxygen atoms in total. The molecule has 0 saturated carbocycles. The van der Waals surface area contributed by atoms with Crippen LogP contribution in [0.4, 0.5) is 0 Å². The SMILES string of the molecule is Br.O=c1c(O)cccn1CCCN(CCCn1cccc(O)c1=O)CCn1cccc(O)c1=O. The smallest absolute Gasteiger partial charge is 0.292 e. The second-order valence-corrected chi connectivity index (χ2v) is 7.72. The molecule has 3 rings (SSSR count). The van der Waals surface area contributed by atoms with Crippen molar-refractivity contribution in [1.29, 1.82) is 0 Å². The number of rotatable bonds is 11. The Bertz CT molecular complexity index is 1190. The van der Waals surface area contributed by atoms with Crippen LogP contribution in [0.3, 0.4) is 0 Å². The average molecular weight is 537 g/mol. The Morgan fingerprint density at radius 3 is 1.32 bits per heavy atom. The van der Waals surface area contributed by atoms with Gasteiger partial charge in [-0.25, -0.2) is 0 Å². The van der Waals surface area contributed by atoms with E-state index >= 15 is 0 Å². The lowest BCUT2D eigenvalue weighted by Crippen LogP contribution is -2.34. The van der Waals surface area contributed by atoms with E-state index in [-0.39, 0.29) is 34.2 Å². The molecule has 0 saturated heterocycles. The first kappa shape index (κ1) is 26.9. The summed E-state index contributed by atoms with van der Waals surface area (Å²) in [4.78, 5) is 38.2. The van der Waals surface area contributed by atoms with Crippen molar-refractivity contribution in [3.8, 4) is 17.2 Å². The molecule has 3 heterocycles. The van der Waals surface area contributed by atoms with Crippen molar-refractivity contribution in [2.45, 2.75) is 32.5 Å². The third kappa shape index (κ3) is 7.09. The minimum Gasteiger partial charge on any atom is -0.503 e. The Balaban J connectivity index is 0.00000408. The maximum atomic E-state index is 12.1. The van der Waals surface area contributed by atoms with Gasteiger partial charge in [-0.2, -0.15) is 0 Å². The number of aryl methyl sites for hydroxylation is 2. The van der Waals surface area contributed by atoms with Crippen molar-refractivity contribution in [3.63, 3.8) is 0 Å². The molecule has 0 aliphatic carbocycles. The molecule has 11 heteroatoms. The number of nitrogens with zero attached hydrogens (tertiary/aromatic N) is 4. The highest BCUT2D eigenvalue weighted by Crippen LogP contribution is 2.04. The topological polar surface area (TPSA) is 130 Å². The van der Waals surface area contributed by atoms with Crippen molar-refractivity contribution in [3.05, 3.63) is 86.1 Å². The molecule has 0 fully saturated rings. The van der Waals surface area contributed by atoms with Gasteiger partial charge >= 0.3 is 0 Å². The summed E-state index contributed by atoms with van der Waals surface area (Å²) in [5.74, 6) is -0.904. The van der Waals surface area contributed by atoms with E-state index in [0.29, 0.717) is 52.1 Å². The predicted octanol–water partition coefficient (Wildman–Crippen LogP) is 1.35. The molecule has 0 amide bonds. The van der Waals surface area contributed by atoms with Crippen LogP contribution in [0.5, 0.6) is 17.2 Å². The van der Waals surface area contributed by atoms with Crippen LogP contribution in [0.25, 0.3) is 0 Å². The maximum absolute atomic E-state index is 12.1. The van der Waals surface area contributed by atoms with Crippen molar-refractivity contribution >= 4 is 17.0 Å². The van der Waals surface area contributed by atoms with Crippen LogP contribution in [-0.4, -0.2) is 53.6 Å². The summed E-state index contributed by atoms with van der Waals surface area (Å²) in [5.41, 5.74) is -1.35. The largest absolute Gasteiger partial charge is 0.503 e. The molecule has 0 bridgehead atoms. The Labute approximate surface area is 206 Å². The van der Waals surface area contributed by atoms with Gasteiger partial charge in [0.25, 0.3) is 16.7 Å². The summed E-state index contributed by atoms with van der Waals surface area (Å²) in [6.45, 7) is 2.96. The summed E-state index contributed by atoms with van der Waals surface area (Å²) >= 11 is 0. The van der Waals surface area contributed by atoms with E-state index in [0.717, 1.165) is 0 Å². The zero-order chi connectivity index (χ0) is 23.8. The fraction of sp³-hybridized carbons (Fsp3) is 0.348. The van der Waals surface area contributed by atoms with Gasteiger partial charge in [-0.15, -0.1) is 17.0 Å². The molecule has 3 aromatic rings. The summed E-state index contributed by atoms with van der Waals surface area (Å²) < 4.78 is 4.32. The highest BCUT2D eigenvalue weighted by molar-refractivity contribution is 8.93. The quantitative estimate of drug-likeness (QED) is 0.337. The Morgan fingerprint density at radius 1 is 0.588 bits per heavy atom. The van der Waals surface area contributed by atoms with Crippen LogP contribution in [-0.2, 0) is 19.6 Å². The van der Waals surface area contributed by atoms with Gasteiger partial charge in [0.05, 0.1) is 0 Å². The van der Waals surface area contributed by atoms with Gasteiger partial charge in [-0.3, -0.25) is 14.4 Å². The highest BCUT2D eigenvalue weighted by atomic mass is 79.9. The second-order valence-electron chi connectivity index (χ2n) is 7.72. The van der Waals surface area contributed by atoms with Gasteiger partial charge < -0.3 is 33.9 Å². The molecule has 0 radical (unpaired) electrons. The predicted molar refractivity (Wildman–Crippen MR) is 133 cm³/mol. The molecule has 0 aromatic carbocycles. The number of hydrogen-bond donors (Lipinski definition) is 3. The third-order valence-corrected chi connectivity index (χ3v) is 5.40. The maximum Gasteiger partial charge on any atom is 0.292 e. The minimum atomic E-state index is -0.463. The van der Waals surface area contributed by atoms with Gasteiger partial charge in [0.2, 0.25) is 0 Å². The van der Waals surface area contributed by atoms with E-state index in [2.05, 4.69) is 4.90 Å². The summed E-state index contributed by atoms with van der Waals surface area (Å²) in [7, 11) is 0. The Kier molecular flexibility index (Phi) is 10.1. The first-order chi connectivity index (χ1) is 15.9. The molecular formula is C23H29BrN4O6. The van der Waals surface area contributed by atoms with Gasteiger partial charge in [0, 0.05) is 44.8 Å². The molecule has 3 N–H and O–H groups in total. The lowest BCUT2D eigenvalue weighted by Gasteiger charge is -2.23. The van der Waals surface area contributed by atoms with E-state index in [1.807, 2.05) is 0 Å². The van der Waals surface area contributed by atoms with Gasteiger partial charge in [-0.05, 0) is 62.3 Å². The van der Waals surface area contributed by atoms with E-state index < -0.39 is 16.7 Å². The van der Waals surface area contributed by atoms with Crippen molar-refractivity contribution in [2.24, 2.45) is 0 Å². The Morgan fingerprint density at radius 2 is 0.941 bits per heavy atom. The van der Waals surface area contributed by atoms with Crippen LogP contribution in [0.15, 0.2) is 69.4 Å². The number of aromatic nitrogens is 3. The van der Waals surface area contributed by atoms with Crippen molar-refractivity contribution in [2.75, 3.05) is 19.6 Å². The standard InChI is InChI=1S/C23H28N4O6.BrH/c28-18-6-1-11-25(21(18)31)14-4-9-24(16-17-27-13-3-8-20(30)23(27)33)10-5-15-26-12-2-7-19(29)22(26)32;/h1-3,6-8,11-13,28-30H,4-5,9-10,14-17H2;1H. The summed E-state index contributed by atoms with van der Waals surface area (Å²) in [5, 5.41) is 28.8. The zero-order valence-electron chi connectivity index (χ0n) is 18.6. The molecule has 0 spiro atoms. The molecule has 184 valence electrons. The lowest BCUT2D eigenvalue weighted by molar-refractivity contribution is 0.245. The lowest BCUT2D eigenvalue weighted by atomic mass is 10.3. The Hall–Kier alpha value is -3.31. The normalized spacial score (nSPS) is 10.9. The molecule has 34 heavy (non-hydrogen) atoms. The molecule has 0 atom stereocenters. The fourth-order valence-electron chi connectivity index (χ4n) is 3.61. The zero-order valence-corrected chi connectivity index (χ0v) is 20.3. The molecule has 3 aromatic heterocycles. The second kappa shape index (κ2) is 12.8. The molecule has 0 unspecified atom stereocenters. The van der Waals surface area contributed by atoms with Gasteiger partial charge in [-0.1, -0.05) is 0 Å². The summed E-state index contributed by atoms with van der Waals surface area (Å²) in [6, 6.07) is 8.86. The number of hydrogen-bond acceptors (Lipinski definition) is 7. The number of pyridine rings is 3. The van der Waals surface area contributed by atoms with Crippen LogP contribution < -0.4 is 16.7 Å². The van der Waals surface area contributed by atoms with Crippen molar-refractivity contribution in [1.82, 2.24) is 18.6 Å². The number of halogens is 1. The van der Waals surface area contributed by atoms with Gasteiger partial charge in [0.1, 0.15) is 0 Å². The van der Waals surface area contributed by atoms with E-state index in [1.54, 1.807) is 36.8 Å². The summed E-state index contributed by atoms with van der Waals surface area (Å²) in [6.07, 6.45) is 6.10. The molecule has 0 aliphatic rings. The highest BCUT2D eigenvalue weighted by Gasteiger charge is 2.09. The molecule has 0 aliphatic heterocycles. The first-order valence-corrected chi connectivity index (χ1v) is 10.7. The van der Waals surface area contributed by atoms with Crippen LogP contribution in [0, 0.1) is 0 Å². The number of aromatic hydroxyl groups is 3. The average Bonchev–Trinajstić information content (AvgIpc) is 2.80. The van der Waals surface area contributed by atoms with E-state index in [1.165, 1.54) is 31.9 Å². The van der Waals surface area contributed by atoms with E-state index in [9.17, 15) is 29.7 Å². The van der Waals surface area contributed by atoms with Crippen molar-refractivity contribution < 1.29 is 15.3 Å². The monoisotopic (exact) mass is 536 g/mol. The molecular weight excluding hydrogens is 508 g/mol. The van der Waals surface area contributed by atoms with E-state index in [4.69, 9.17) is 0 Å². The van der Waals surface area contributed by atoms with Crippen LogP contribution >= 0.6 is 17.0 Å². The van der Waals surface area contributed by atoms with Crippen LogP contribution in [0.2, 0.25) is 0 Å². The third-order valence-electron chi connectivity index (χ3n) is 5.40. The van der Waals surface area contributed by atoms with Crippen LogP contribution in [0.1, 0.15) is 12.8 Å². The first-order valence-electron chi connectivity index (χ1n) is 10.7.